The summed E-state index contributed by atoms with van der Waals surface area (Å²) in [6, 6.07) is 0.468. The maximum atomic E-state index is 11.8. The van der Waals surface area contributed by atoms with E-state index in [1.54, 1.807) is 0 Å². The van der Waals surface area contributed by atoms with E-state index in [2.05, 4.69) is 47.2 Å². The molecule has 0 aromatic carbocycles. The number of nitrogens with zero attached hydrogens (tertiary/aromatic N) is 2. The molecule has 120 valence electrons. The Kier molecular flexibility index (Phi) is 8.05. The molecule has 5 heteroatoms. The lowest BCUT2D eigenvalue weighted by Gasteiger charge is -2.11. The van der Waals surface area contributed by atoms with Gasteiger partial charge in [-0.2, -0.15) is 0 Å². The first-order valence-corrected chi connectivity index (χ1v) is 8.04. The summed E-state index contributed by atoms with van der Waals surface area (Å²) < 4.78 is 2.08. The summed E-state index contributed by atoms with van der Waals surface area (Å²) in [6.45, 7) is 10.8. The van der Waals surface area contributed by atoms with Crippen molar-refractivity contribution in [2.24, 2.45) is 5.92 Å². The monoisotopic (exact) mass is 294 g/mol. The Morgan fingerprint density at radius 3 is 2.81 bits per heavy atom. The van der Waals surface area contributed by atoms with E-state index in [-0.39, 0.29) is 11.8 Å². The van der Waals surface area contributed by atoms with Crippen molar-refractivity contribution in [2.45, 2.75) is 66.1 Å². The van der Waals surface area contributed by atoms with Crippen molar-refractivity contribution in [3.8, 4) is 0 Å². The molecule has 0 saturated carbocycles. The molecule has 0 aliphatic heterocycles. The van der Waals surface area contributed by atoms with E-state index >= 15 is 0 Å². The smallest absolute Gasteiger partial charge is 0.222 e. The van der Waals surface area contributed by atoms with Gasteiger partial charge in [0.2, 0.25) is 5.91 Å². The van der Waals surface area contributed by atoms with E-state index in [9.17, 15) is 4.79 Å². The zero-order chi connectivity index (χ0) is 15.7. The quantitative estimate of drug-likeness (QED) is 0.651. The summed E-state index contributed by atoms with van der Waals surface area (Å²) in [6.07, 6.45) is 6.87. The molecule has 0 radical (unpaired) electrons. The minimum absolute atomic E-state index is 0.122. The molecule has 0 aliphatic rings. The summed E-state index contributed by atoms with van der Waals surface area (Å²) >= 11 is 0. The fourth-order valence-electron chi connectivity index (χ4n) is 2.14. The van der Waals surface area contributed by atoms with E-state index in [0.29, 0.717) is 6.04 Å². The molecule has 0 bridgehead atoms. The lowest BCUT2D eigenvalue weighted by molar-refractivity contribution is -0.124. The van der Waals surface area contributed by atoms with Crippen LogP contribution in [0.15, 0.2) is 12.5 Å². The molecule has 1 atom stereocenters. The maximum Gasteiger partial charge on any atom is 0.222 e. The van der Waals surface area contributed by atoms with Gasteiger partial charge in [-0.1, -0.05) is 34.1 Å². The van der Waals surface area contributed by atoms with Crippen molar-refractivity contribution in [1.29, 1.82) is 0 Å². The molecule has 0 spiro atoms. The number of aryl methyl sites for hydroxylation is 1. The van der Waals surface area contributed by atoms with Crippen LogP contribution in [0.1, 0.15) is 52.7 Å². The number of aromatic nitrogens is 2. The van der Waals surface area contributed by atoms with Crippen molar-refractivity contribution >= 4 is 5.91 Å². The van der Waals surface area contributed by atoms with Crippen LogP contribution in [0.3, 0.4) is 0 Å². The largest absolute Gasteiger partial charge is 0.356 e. The number of rotatable bonds is 10. The van der Waals surface area contributed by atoms with Crippen LogP contribution in [0.25, 0.3) is 0 Å². The van der Waals surface area contributed by atoms with Gasteiger partial charge in [-0.25, -0.2) is 4.98 Å². The summed E-state index contributed by atoms with van der Waals surface area (Å²) in [4.78, 5) is 16.1. The third-order valence-electron chi connectivity index (χ3n) is 3.44. The molecular formula is C16H30N4O. The standard InChI is InChI=1S/C16H30N4O/c1-5-7-14(4)16(21)17-8-6-9-20-11-15(19-12-20)10-18-13(2)3/h11-14,18H,5-10H2,1-4H3,(H,17,21). The Morgan fingerprint density at radius 1 is 1.38 bits per heavy atom. The van der Waals surface area contributed by atoms with E-state index in [0.717, 1.165) is 44.6 Å². The topological polar surface area (TPSA) is 59.0 Å². The molecule has 1 amide bonds. The van der Waals surface area contributed by atoms with Crippen LogP contribution in [0, 0.1) is 5.92 Å². The first kappa shape index (κ1) is 17.7. The summed E-state index contributed by atoms with van der Waals surface area (Å²) in [5.41, 5.74) is 1.06. The van der Waals surface area contributed by atoms with Crippen LogP contribution in [0.2, 0.25) is 0 Å². The zero-order valence-electron chi connectivity index (χ0n) is 13.9. The van der Waals surface area contributed by atoms with Crippen molar-refractivity contribution in [3.63, 3.8) is 0 Å². The van der Waals surface area contributed by atoms with Gasteiger partial charge in [0.05, 0.1) is 12.0 Å². The van der Waals surface area contributed by atoms with Crippen molar-refractivity contribution in [3.05, 3.63) is 18.2 Å². The van der Waals surface area contributed by atoms with E-state index in [4.69, 9.17) is 0 Å². The number of hydrogen-bond acceptors (Lipinski definition) is 3. The third kappa shape index (κ3) is 7.27. The summed E-state index contributed by atoms with van der Waals surface area (Å²) in [7, 11) is 0. The Hall–Kier alpha value is -1.36. The second-order valence-electron chi connectivity index (χ2n) is 5.97. The molecule has 0 saturated heterocycles. The fraction of sp³-hybridized carbons (Fsp3) is 0.750. The van der Waals surface area contributed by atoms with Gasteiger partial charge in [0.15, 0.2) is 0 Å². The van der Waals surface area contributed by atoms with Crippen LogP contribution in [-0.4, -0.2) is 28.0 Å². The van der Waals surface area contributed by atoms with Gasteiger partial charge in [0.1, 0.15) is 0 Å². The lowest BCUT2D eigenvalue weighted by Crippen LogP contribution is -2.30. The molecule has 1 rings (SSSR count). The molecule has 0 aliphatic carbocycles. The van der Waals surface area contributed by atoms with Crippen LogP contribution in [0.5, 0.6) is 0 Å². The minimum Gasteiger partial charge on any atom is -0.356 e. The predicted molar refractivity (Wildman–Crippen MR) is 85.9 cm³/mol. The van der Waals surface area contributed by atoms with Gasteiger partial charge in [-0.3, -0.25) is 4.79 Å². The number of imidazole rings is 1. The molecule has 1 aromatic rings. The fourth-order valence-corrected chi connectivity index (χ4v) is 2.14. The number of nitrogens with one attached hydrogen (secondary N) is 2. The van der Waals surface area contributed by atoms with Gasteiger partial charge >= 0.3 is 0 Å². The van der Waals surface area contributed by atoms with E-state index in [1.807, 2.05) is 13.3 Å². The molecule has 1 unspecified atom stereocenters. The highest BCUT2D eigenvalue weighted by molar-refractivity contribution is 5.78. The minimum atomic E-state index is 0.122. The number of carbonyl (C=O) groups is 1. The molecule has 1 aromatic heterocycles. The van der Waals surface area contributed by atoms with E-state index < -0.39 is 0 Å². The predicted octanol–water partition coefficient (Wildman–Crippen LogP) is 2.32. The van der Waals surface area contributed by atoms with Gasteiger partial charge in [-0.05, 0) is 12.8 Å². The summed E-state index contributed by atoms with van der Waals surface area (Å²) in [5, 5.41) is 6.35. The normalized spacial score (nSPS) is 12.6. The van der Waals surface area contributed by atoms with Crippen LogP contribution < -0.4 is 10.6 Å². The molecule has 1 heterocycles. The Labute approximate surface area is 128 Å². The number of hydrogen-bond donors (Lipinski definition) is 2. The van der Waals surface area contributed by atoms with Gasteiger partial charge in [0, 0.05) is 37.8 Å². The Morgan fingerprint density at radius 2 is 2.14 bits per heavy atom. The molecule has 21 heavy (non-hydrogen) atoms. The highest BCUT2D eigenvalue weighted by atomic mass is 16.1. The lowest BCUT2D eigenvalue weighted by atomic mass is 10.1. The molecule has 2 N–H and O–H groups in total. The maximum absolute atomic E-state index is 11.8. The zero-order valence-corrected chi connectivity index (χ0v) is 13.9. The highest BCUT2D eigenvalue weighted by Gasteiger charge is 2.10. The van der Waals surface area contributed by atoms with E-state index in [1.165, 1.54) is 0 Å². The molecular weight excluding hydrogens is 264 g/mol. The van der Waals surface area contributed by atoms with Crippen LogP contribution in [-0.2, 0) is 17.9 Å². The Balaban J connectivity index is 2.19. The summed E-state index contributed by atoms with van der Waals surface area (Å²) in [5.74, 6) is 0.293. The second-order valence-corrected chi connectivity index (χ2v) is 5.97. The van der Waals surface area contributed by atoms with Gasteiger partial charge < -0.3 is 15.2 Å². The molecule has 0 fully saturated rings. The highest BCUT2D eigenvalue weighted by Crippen LogP contribution is 2.04. The number of amides is 1. The first-order valence-electron chi connectivity index (χ1n) is 8.04. The Bertz CT molecular complexity index is 414. The van der Waals surface area contributed by atoms with Gasteiger partial charge in [-0.15, -0.1) is 0 Å². The van der Waals surface area contributed by atoms with Gasteiger partial charge in [0.25, 0.3) is 0 Å². The van der Waals surface area contributed by atoms with Crippen molar-refractivity contribution in [1.82, 2.24) is 20.2 Å². The van der Waals surface area contributed by atoms with Crippen molar-refractivity contribution in [2.75, 3.05) is 6.54 Å². The molecule has 5 nitrogen and oxygen atoms in total. The first-order chi connectivity index (χ1) is 10.0. The average molecular weight is 294 g/mol. The number of carbonyl (C=O) groups excluding carboxylic acids is 1. The third-order valence-corrected chi connectivity index (χ3v) is 3.44. The SMILES string of the molecule is CCCC(C)C(=O)NCCCn1cnc(CNC(C)C)c1. The van der Waals surface area contributed by atoms with Crippen molar-refractivity contribution < 1.29 is 4.79 Å². The van der Waals surface area contributed by atoms with Crippen LogP contribution in [0.4, 0.5) is 0 Å². The van der Waals surface area contributed by atoms with Crippen LogP contribution >= 0.6 is 0 Å². The second kappa shape index (κ2) is 9.55. The average Bonchev–Trinajstić information content (AvgIpc) is 2.89.